The summed E-state index contributed by atoms with van der Waals surface area (Å²) in [7, 11) is 0. The molecule has 0 spiro atoms. The Hall–Kier alpha value is -2.41. The highest BCUT2D eigenvalue weighted by Gasteiger charge is 2.12. The fourth-order valence-corrected chi connectivity index (χ4v) is 2.05. The van der Waals surface area contributed by atoms with Crippen molar-refractivity contribution >= 4 is 5.82 Å². The van der Waals surface area contributed by atoms with Crippen LogP contribution in [-0.4, -0.2) is 9.97 Å². The highest BCUT2D eigenvalue weighted by molar-refractivity contribution is 5.49. The number of nitrogens with zero attached hydrogens (tertiary/aromatic N) is 3. The molecule has 1 atom stereocenters. The van der Waals surface area contributed by atoms with Gasteiger partial charge in [-0.3, -0.25) is 0 Å². The molecule has 2 aromatic rings. The molecule has 1 N–H and O–H groups in total. The third-order valence-electron chi connectivity index (χ3n) is 3.27. The van der Waals surface area contributed by atoms with Gasteiger partial charge in [0.2, 0.25) is 0 Å². The largest absolute Gasteiger partial charge is 0.361 e. The minimum atomic E-state index is 0.0729. The third-order valence-corrected chi connectivity index (χ3v) is 3.27. The molecule has 0 bridgehead atoms. The number of rotatable bonds is 3. The van der Waals surface area contributed by atoms with Crippen LogP contribution in [0.5, 0.6) is 0 Å². The van der Waals surface area contributed by atoms with Crippen LogP contribution < -0.4 is 5.32 Å². The van der Waals surface area contributed by atoms with E-state index in [1.54, 1.807) is 6.20 Å². The first-order valence-electron chi connectivity index (χ1n) is 6.17. The Morgan fingerprint density at radius 1 is 1.21 bits per heavy atom. The maximum absolute atomic E-state index is 9.01. The van der Waals surface area contributed by atoms with Crippen molar-refractivity contribution in [2.45, 2.75) is 26.8 Å². The summed E-state index contributed by atoms with van der Waals surface area (Å²) in [6, 6.07) is 8.33. The van der Waals surface area contributed by atoms with E-state index in [0.29, 0.717) is 11.5 Å². The Labute approximate surface area is 113 Å². The van der Waals surface area contributed by atoms with Gasteiger partial charge in [-0.1, -0.05) is 18.2 Å². The normalized spacial score (nSPS) is 11.7. The van der Waals surface area contributed by atoms with Gasteiger partial charge >= 0.3 is 0 Å². The van der Waals surface area contributed by atoms with E-state index in [2.05, 4.69) is 48.2 Å². The molecule has 0 saturated carbocycles. The summed E-state index contributed by atoms with van der Waals surface area (Å²) < 4.78 is 0. The van der Waals surface area contributed by atoms with E-state index in [-0.39, 0.29) is 6.04 Å². The molecule has 1 aromatic carbocycles. The molecule has 96 valence electrons. The van der Waals surface area contributed by atoms with Gasteiger partial charge in [0.15, 0.2) is 11.5 Å². The van der Waals surface area contributed by atoms with Crippen LogP contribution in [0, 0.1) is 25.2 Å². The lowest BCUT2D eigenvalue weighted by atomic mass is 9.98. The lowest BCUT2D eigenvalue weighted by Gasteiger charge is -2.18. The summed E-state index contributed by atoms with van der Waals surface area (Å²) in [6.45, 7) is 6.25. The zero-order valence-corrected chi connectivity index (χ0v) is 11.3. The predicted octanol–water partition coefficient (Wildman–Crippen LogP) is 3.14. The lowest BCUT2D eigenvalue weighted by molar-refractivity contribution is 0.857. The van der Waals surface area contributed by atoms with E-state index >= 15 is 0 Å². The number of nitrogens with one attached hydrogen (secondary N) is 1. The summed E-state index contributed by atoms with van der Waals surface area (Å²) in [6.07, 6.45) is 3.10. The van der Waals surface area contributed by atoms with Crippen LogP contribution in [0.3, 0.4) is 0 Å². The Balaban J connectivity index is 2.29. The second-order valence-corrected chi connectivity index (χ2v) is 4.52. The molecule has 2 rings (SSSR count). The molecule has 4 nitrogen and oxygen atoms in total. The fraction of sp³-hybridized carbons (Fsp3) is 0.267. The first-order valence-corrected chi connectivity index (χ1v) is 6.17. The second-order valence-electron chi connectivity index (χ2n) is 4.52. The number of anilines is 1. The van der Waals surface area contributed by atoms with Gasteiger partial charge in [0.05, 0.1) is 6.04 Å². The molecule has 0 fully saturated rings. The van der Waals surface area contributed by atoms with Crippen LogP contribution in [0.25, 0.3) is 0 Å². The minimum absolute atomic E-state index is 0.0729. The summed E-state index contributed by atoms with van der Waals surface area (Å²) in [5, 5.41) is 12.3. The maximum atomic E-state index is 9.01. The van der Waals surface area contributed by atoms with Crippen molar-refractivity contribution in [2.75, 3.05) is 5.32 Å². The Morgan fingerprint density at radius 2 is 1.95 bits per heavy atom. The van der Waals surface area contributed by atoms with Crippen molar-refractivity contribution in [3.63, 3.8) is 0 Å². The Bertz CT molecular complexity index is 628. The van der Waals surface area contributed by atoms with Gasteiger partial charge < -0.3 is 5.32 Å². The van der Waals surface area contributed by atoms with Gasteiger partial charge in [-0.25, -0.2) is 9.97 Å². The van der Waals surface area contributed by atoms with Gasteiger partial charge in [0.25, 0.3) is 0 Å². The van der Waals surface area contributed by atoms with Crippen molar-refractivity contribution < 1.29 is 0 Å². The Morgan fingerprint density at radius 3 is 2.68 bits per heavy atom. The van der Waals surface area contributed by atoms with Gasteiger partial charge in [-0.2, -0.15) is 5.26 Å². The van der Waals surface area contributed by atoms with E-state index < -0.39 is 0 Å². The maximum Gasteiger partial charge on any atom is 0.182 e. The van der Waals surface area contributed by atoms with E-state index in [9.17, 15) is 0 Å². The van der Waals surface area contributed by atoms with Crippen LogP contribution >= 0.6 is 0 Å². The van der Waals surface area contributed by atoms with Crippen LogP contribution in [0.15, 0.2) is 30.6 Å². The van der Waals surface area contributed by atoms with Gasteiger partial charge in [0.1, 0.15) is 6.07 Å². The minimum Gasteiger partial charge on any atom is -0.361 e. The standard InChI is InChI=1S/C15H16N4/c1-10-5-4-6-13(11(10)2)12(3)19-15-14(9-16)17-7-8-18-15/h4-8,12H,1-3H3,(H,18,19)/t12-/m1/s1. The molecule has 0 saturated heterocycles. The highest BCUT2D eigenvalue weighted by Crippen LogP contribution is 2.23. The molecule has 1 aromatic heterocycles. The predicted molar refractivity (Wildman–Crippen MR) is 74.7 cm³/mol. The van der Waals surface area contributed by atoms with Crippen molar-refractivity contribution in [1.29, 1.82) is 5.26 Å². The molecule has 0 aliphatic rings. The molecule has 4 heteroatoms. The smallest absolute Gasteiger partial charge is 0.182 e. The van der Waals surface area contributed by atoms with Crippen molar-refractivity contribution in [3.05, 3.63) is 53.0 Å². The second kappa shape index (κ2) is 5.49. The zero-order chi connectivity index (χ0) is 13.8. The number of hydrogen-bond acceptors (Lipinski definition) is 4. The van der Waals surface area contributed by atoms with Gasteiger partial charge in [-0.05, 0) is 37.5 Å². The van der Waals surface area contributed by atoms with E-state index in [0.717, 1.165) is 0 Å². The SMILES string of the molecule is Cc1cccc([C@@H](C)Nc2nccnc2C#N)c1C. The lowest BCUT2D eigenvalue weighted by Crippen LogP contribution is -2.11. The van der Waals surface area contributed by atoms with Crippen LogP contribution in [0.4, 0.5) is 5.82 Å². The van der Waals surface area contributed by atoms with E-state index in [4.69, 9.17) is 5.26 Å². The average Bonchev–Trinajstić information content (AvgIpc) is 2.42. The third kappa shape index (κ3) is 2.71. The molecular weight excluding hydrogens is 236 g/mol. The molecule has 0 amide bonds. The summed E-state index contributed by atoms with van der Waals surface area (Å²) in [4.78, 5) is 8.17. The fourth-order valence-electron chi connectivity index (χ4n) is 2.05. The van der Waals surface area contributed by atoms with Gasteiger partial charge in [-0.15, -0.1) is 0 Å². The summed E-state index contributed by atoms with van der Waals surface area (Å²) >= 11 is 0. The first-order chi connectivity index (χ1) is 9.13. The molecule has 1 heterocycles. The number of nitriles is 1. The first kappa shape index (κ1) is 13.0. The number of aryl methyl sites for hydroxylation is 1. The topological polar surface area (TPSA) is 61.6 Å². The number of benzene rings is 1. The molecule has 0 unspecified atom stereocenters. The summed E-state index contributed by atoms with van der Waals surface area (Å²) in [5.74, 6) is 0.526. The molecular formula is C15H16N4. The van der Waals surface area contributed by atoms with Crippen molar-refractivity contribution in [1.82, 2.24) is 9.97 Å². The molecule has 19 heavy (non-hydrogen) atoms. The quantitative estimate of drug-likeness (QED) is 0.911. The van der Waals surface area contributed by atoms with Crippen molar-refractivity contribution in [3.8, 4) is 6.07 Å². The highest BCUT2D eigenvalue weighted by atomic mass is 15.0. The number of hydrogen-bond donors (Lipinski definition) is 1. The summed E-state index contributed by atoms with van der Waals surface area (Å²) in [5.41, 5.74) is 4.03. The van der Waals surface area contributed by atoms with E-state index in [1.807, 2.05) is 12.1 Å². The van der Waals surface area contributed by atoms with Crippen LogP contribution in [0.2, 0.25) is 0 Å². The number of aromatic nitrogens is 2. The van der Waals surface area contributed by atoms with Gasteiger partial charge in [0, 0.05) is 12.4 Å². The monoisotopic (exact) mass is 252 g/mol. The molecule has 0 radical (unpaired) electrons. The van der Waals surface area contributed by atoms with Crippen LogP contribution in [0.1, 0.15) is 35.3 Å². The average molecular weight is 252 g/mol. The molecule has 0 aliphatic carbocycles. The zero-order valence-electron chi connectivity index (χ0n) is 11.3. The Kier molecular flexibility index (Phi) is 3.76. The van der Waals surface area contributed by atoms with E-state index in [1.165, 1.54) is 22.9 Å². The van der Waals surface area contributed by atoms with Crippen molar-refractivity contribution in [2.24, 2.45) is 0 Å². The van der Waals surface area contributed by atoms with Crippen LogP contribution in [-0.2, 0) is 0 Å². The molecule has 0 aliphatic heterocycles.